The van der Waals surface area contributed by atoms with E-state index in [1.807, 2.05) is 36.1 Å². The van der Waals surface area contributed by atoms with E-state index in [4.69, 9.17) is 11.6 Å². The fourth-order valence-electron chi connectivity index (χ4n) is 3.45. The number of aliphatic hydroxyl groups is 3. The first-order valence-corrected chi connectivity index (χ1v) is 9.09. The number of aliphatic hydroxyl groups excluding tert-OH is 3. The van der Waals surface area contributed by atoms with Crippen molar-refractivity contribution in [3.8, 4) is 0 Å². The van der Waals surface area contributed by atoms with E-state index in [1.165, 1.54) is 0 Å². The van der Waals surface area contributed by atoms with Crippen molar-refractivity contribution < 1.29 is 20.1 Å². The summed E-state index contributed by atoms with van der Waals surface area (Å²) in [7, 11) is 0. The number of halogens is 1. The molecular formula is C18H27ClN2O4. The SMILES string of the molecule is CCNC(=O)C[C@@H]1[C@@H](O)[C@H](O)[C@@H](CO)N1CCCc1ccc(Cl)cc1. The first-order chi connectivity index (χ1) is 12.0. The highest BCUT2D eigenvalue weighted by Crippen LogP contribution is 2.28. The minimum Gasteiger partial charge on any atom is -0.395 e. The van der Waals surface area contributed by atoms with Gasteiger partial charge in [0.1, 0.15) is 0 Å². The topological polar surface area (TPSA) is 93.0 Å². The fourth-order valence-corrected chi connectivity index (χ4v) is 3.58. The summed E-state index contributed by atoms with van der Waals surface area (Å²) < 4.78 is 0. The van der Waals surface area contributed by atoms with Crippen LogP contribution < -0.4 is 5.32 Å². The Morgan fingerprint density at radius 2 is 1.84 bits per heavy atom. The van der Waals surface area contributed by atoms with Crippen molar-refractivity contribution in [2.45, 2.75) is 50.5 Å². The summed E-state index contributed by atoms with van der Waals surface area (Å²) >= 11 is 5.88. The van der Waals surface area contributed by atoms with Gasteiger partial charge >= 0.3 is 0 Å². The molecule has 4 atom stereocenters. The number of aryl methyl sites for hydroxylation is 1. The van der Waals surface area contributed by atoms with Gasteiger partial charge in [0.05, 0.1) is 24.9 Å². The summed E-state index contributed by atoms with van der Waals surface area (Å²) in [4.78, 5) is 13.8. The molecule has 0 bridgehead atoms. The first kappa shape index (κ1) is 20.1. The zero-order valence-electron chi connectivity index (χ0n) is 14.4. The Morgan fingerprint density at radius 3 is 2.44 bits per heavy atom. The molecule has 1 aliphatic heterocycles. The Hall–Kier alpha value is -1.18. The van der Waals surface area contributed by atoms with Gasteiger partial charge in [-0.25, -0.2) is 0 Å². The van der Waals surface area contributed by atoms with Crippen LogP contribution >= 0.6 is 11.6 Å². The monoisotopic (exact) mass is 370 g/mol. The number of carbonyl (C=O) groups is 1. The normalized spacial score (nSPS) is 26.8. The van der Waals surface area contributed by atoms with Gasteiger partial charge in [0.15, 0.2) is 0 Å². The Balaban J connectivity index is 1.99. The Bertz CT molecular complexity index is 555. The Morgan fingerprint density at radius 1 is 1.20 bits per heavy atom. The second-order valence-corrected chi connectivity index (χ2v) is 6.86. The molecule has 1 saturated heterocycles. The van der Waals surface area contributed by atoms with Crippen LogP contribution in [-0.4, -0.2) is 70.1 Å². The lowest BCUT2D eigenvalue weighted by Crippen LogP contribution is -2.44. The second kappa shape index (κ2) is 9.50. The Labute approximate surface area is 153 Å². The molecular weight excluding hydrogens is 344 g/mol. The first-order valence-electron chi connectivity index (χ1n) is 8.71. The van der Waals surface area contributed by atoms with Gasteiger partial charge in [-0.05, 0) is 44.0 Å². The molecule has 1 fully saturated rings. The van der Waals surface area contributed by atoms with E-state index < -0.39 is 24.3 Å². The summed E-state index contributed by atoms with van der Waals surface area (Å²) in [5.41, 5.74) is 1.14. The number of rotatable bonds is 8. The summed E-state index contributed by atoms with van der Waals surface area (Å²) in [5.74, 6) is -0.167. The minimum atomic E-state index is -1.06. The van der Waals surface area contributed by atoms with Crippen LogP contribution in [-0.2, 0) is 11.2 Å². The number of benzene rings is 1. The maximum atomic E-state index is 11.9. The third kappa shape index (κ3) is 5.15. The number of hydrogen-bond acceptors (Lipinski definition) is 5. The Kier molecular flexibility index (Phi) is 7.65. The quantitative estimate of drug-likeness (QED) is 0.537. The third-order valence-corrected chi connectivity index (χ3v) is 4.99. The molecule has 0 aromatic heterocycles. The molecule has 0 aliphatic carbocycles. The predicted octanol–water partition coefficient (Wildman–Crippen LogP) is 0.566. The van der Waals surface area contributed by atoms with Gasteiger partial charge in [0.2, 0.25) is 5.91 Å². The van der Waals surface area contributed by atoms with E-state index in [-0.39, 0.29) is 18.9 Å². The summed E-state index contributed by atoms with van der Waals surface area (Å²) in [6.07, 6.45) is -0.408. The third-order valence-electron chi connectivity index (χ3n) is 4.74. The molecule has 1 aromatic rings. The van der Waals surface area contributed by atoms with Crippen LogP contribution in [0.2, 0.25) is 5.02 Å². The van der Waals surface area contributed by atoms with Gasteiger partial charge < -0.3 is 20.6 Å². The molecule has 0 radical (unpaired) electrons. The number of nitrogens with one attached hydrogen (secondary N) is 1. The molecule has 0 unspecified atom stereocenters. The van der Waals surface area contributed by atoms with Gasteiger partial charge in [-0.15, -0.1) is 0 Å². The molecule has 0 saturated carbocycles. The number of likely N-dealkylation sites (tertiary alicyclic amines) is 1. The van der Waals surface area contributed by atoms with E-state index in [1.54, 1.807) is 0 Å². The van der Waals surface area contributed by atoms with E-state index >= 15 is 0 Å². The number of hydrogen-bond donors (Lipinski definition) is 4. The maximum Gasteiger partial charge on any atom is 0.221 e. The molecule has 1 amide bonds. The predicted molar refractivity (Wildman–Crippen MR) is 96.5 cm³/mol. The zero-order valence-corrected chi connectivity index (χ0v) is 15.2. The van der Waals surface area contributed by atoms with Crippen molar-refractivity contribution in [1.29, 1.82) is 0 Å². The average molecular weight is 371 g/mol. The molecule has 4 N–H and O–H groups in total. The molecule has 25 heavy (non-hydrogen) atoms. The van der Waals surface area contributed by atoms with Crippen molar-refractivity contribution in [3.63, 3.8) is 0 Å². The van der Waals surface area contributed by atoms with Crippen LogP contribution in [0.3, 0.4) is 0 Å². The highest BCUT2D eigenvalue weighted by Gasteiger charge is 2.47. The smallest absolute Gasteiger partial charge is 0.221 e. The fraction of sp³-hybridized carbons (Fsp3) is 0.611. The lowest BCUT2D eigenvalue weighted by atomic mass is 10.1. The molecule has 7 heteroatoms. The van der Waals surface area contributed by atoms with Crippen molar-refractivity contribution in [3.05, 3.63) is 34.9 Å². The van der Waals surface area contributed by atoms with Gasteiger partial charge in [0, 0.05) is 24.0 Å². The lowest BCUT2D eigenvalue weighted by molar-refractivity contribution is -0.123. The van der Waals surface area contributed by atoms with Crippen LogP contribution in [0.15, 0.2) is 24.3 Å². The van der Waals surface area contributed by atoms with Gasteiger partial charge in [-0.3, -0.25) is 9.69 Å². The van der Waals surface area contributed by atoms with E-state index in [0.717, 1.165) is 18.4 Å². The largest absolute Gasteiger partial charge is 0.395 e. The van der Waals surface area contributed by atoms with Gasteiger partial charge in [0.25, 0.3) is 0 Å². The lowest BCUT2D eigenvalue weighted by Gasteiger charge is -2.29. The molecule has 1 aliphatic rings. The standard InChI is InChI=1S/C18H27ClN2O4/c1-2-20-16(23)10-14-17(24)18(25)15(11-22)21(14)9-3-4-12-5-7-13(19)8-6-12/h5-8,14-15,17-18,22,24-25H,2-4,9-11H2,1H3,(H,20,23)/t14-,15-,17-,18-/m1/s1. The van der Waals surface area contributed by atoms with Crippen LogP contribution in [0, 0.1) is 0 Å². The molecule has 140 valence electrons. The van der Waals surface area contributed by atoms with Crippen LogP contribution in [0.1, 0.15) is 25.3 Å². The van der Waals surface area contributed by atoms with Crippen molar-refractivity contribution in [1.82, 2.24) is 10.2 Å². The number of carbonyl (C=O) groups excluding carboxylic acids is 1. The average Bonchev–Trinajstić information content (AvgIpc) is 2.81. The van der Waals surface area contributed by atoms with Crippen molar-refractivity contribution in [2.75, 3.05) is 19.7 Å². The number of nitrogens with zero attached hydrogens (tertiary/aromatic N) is 1. The molecule has 0 spiro atoms. The van der Waals surface area contributed by atoms with E-state index in [2.05, 4.69) is 5.32 Å². The van der Waals surface area contributed by atoms with Crippen LogP contribution in [0.5, 0.6) is 0 Å². The summed E-state index contributed by atoms with van der Waals surface area (Å²) in [6.45, 7) is 2.67. The van der Waals surface area contributed by atoms with Crippen LogP contribution in [0.25, 0.3) is 0 Å². The zero-order chi connectivity index (χ0) is 18.4. The number of amides is 1. The highest BCUT2D eigenvalue weighted by molar-refractivity contribution is 6.30. The second-order valence-electron chi connectivity index (χ2n) is 6.42. The summed E-state index contributed by atoms with van der Waals surface area (Å²) in [5, 5.41) is 33.5. The van der Waals surface area contributed by atoms with E-state index in [0.29, 0.717) is 18.1 Å². The molecule has 2 rings (SSSR count). The van der Waals surface area contributed by atoms with Crippen molar-refractivity contribution >= 4 is 17.5 Å². The van der Waals surface area contributed by atoms with Gasteiger partial charge in [-0.2, -0.15) is 0 Å². The van der Waals surface area contributed by atoms with Crippen molar-refractivity contribution in [2.24, 2.45) is 0 Å². The molecule has 1 aromatic carbocycles. The molecule has 6 nitrogen and oxygen atoms in total. The van der Waals surface area contributed by atoms with E-state index in [9.17, 15) is 20.1 Å². The van der Waals surface area contributed by atoms with Gasteiger partial charge in [-0.1, -0.05) is 23.7 Å². The highest BCUT2D eigenvalue weighted by atomic mass is 35.5. The maximum absolute atomic E-state index is 11.9. The molecule has 1 heterocycles. The summed E-state index contributed by atoms with van der Waals surface area (Å²) in [6, 6.07) is 6.56. The minimum absolute atomic E-state index is 0.101. The van der Waals surface area contributed by atoms with Crippen LogP contribution in [0.4, 0.5) is 0 Å².